The van der Waals surface area contributed by atoms with Crippen molar-refractivity contribution in [3.05, 3.63) is 34.9 Å². The van der Waals surface area contributed by atoms with Gasteiger partial charge in [0.05, 0.1) is 12.2 Å². The summed E-state index contributed by atoms with van der Waals surface area (Å²) in [4.78, 5) is 0. The first-order chi connectivity index (χ1) is 9.02. The number of halogens is 1. The van der Waals surface area contributed by atoms with Crippen molar-refractivity contribution in [1.82, 2.24) is 5.32 Å². The lowest BCUT2D eigenvalue weighted by Gasteiger charge is -2.29. The van der Waals surface area contributed by atoms with E-state index in [1.54, 1.807) is 0 Å². The summed E-state index contributed by atoms with van der Waals surface area (Å²) in [6, 6.07) is 8.59. The van der Waals surface area contributed by atoms with Gasteiger partial charge in [0.1, 0.15) is 0 Å². The molecule has 1 aromatic carbocycles. The van der Waals surface area contributed by atoms with Crippen molar-refractivity contribution < 1.29 is 4.74 Å². The molecule has 3 heteroatoms. The second-order valence-corrected chi connectivity index (χ2v) is 6.14. The number of hydrogen-bond donors (Lipinski definition) is 1. The van der Waals surface area contributed by atoms with Crippen molar-refractivity contribution in [2.45, 2.75) is 45.4 Å². The van der Waals surface area contributed by atoms with Crippen LogP contribution in [0.15, 0.2) is 24.3 Å². The van der Waals surface area contributed by atoms with Gasteiger partial charge in [-0.3, -0.25) is 0 Å². The molecule has 1 heterocycles. The monoisotopic (exact) mass is 281 g/mol. The normalized spacial score (nSPS) is 32.5. The van der Waals surface area contributed by atoms with Crippen LogP contribution in [0.5, 0.6) is 0 Å². The van der Waals surface area contributed by atoms with Gasteiger partial charge in [0.15, 0.2) is 0 Å². The Labute approximate surface area is 121 Å². The molecular formula is C16H24ClNO. The Morgan fingerprint density at radius 1 is 1.16 bits per heavy atom. The highest BCUT2D eigenvalue weighted by Crippen LogP contribution is 2.35. The van der Waals surface area contributed by atoms with E-state index < -0.39 is 0 Å². The Bertz CT molecular complexity index is 406. The molecule has 0 saturated carbocycles. The van der Waals surface area contributed by atoms with E-state index in [9.17, 15) is 0 Å². The molecule has 1 aliphatic heterocycles. The smallest absolute Gasteiger partial charge is 0.0597 e. The van der Waals surface area contributed by atoms with E-state index in [1.165, 1.54) is 5.56 Å². The van der Waals surface area contributed by atoms with Gasteiger partial charge in [-0.15, -0.1) is 0 Å². The Morgan fingerprint density at radius 3 is 2.26 bits per heavy atom. The maximum absolute atomic E-state index is 5.96. The molecule has 0 amide bonds. The van der Waals surface area contributed by atoms with Crippen LogP contribution in [0, 0.1) is 11.8 Å². The van der Waals surface area contributed by atoms with Crippen molar-refractivity contribution in [2.75, 3.05) is 7.05 Å². The summed E-state index contributed by atoms with van der Waals surface area (Å²) in [7, 11) is 2.04. The molecular weight excluding hydrogens is 258 g/mol. The van der Waals surface area contributed by atoms with Crippen molar-refractivity contribution in [2.24, 2.45) is 11.8 Å². The van der Waals surface area contributed by atoms with Crippen LogP contribution in [-0.2, 0) is 11.2 Å². The average molecular weight is 282 g/mol. The Kier molecular flexibility index (Phi) is 4.88. The standard InChI is InChI=1S/C16H24ClNO/c1-10-11(2)19-12(3)16(10)15(18-4)9-13-5-7-14(17)8-6-13/h5-8,10-12,15-16,18H,9H2,1-4H3. The van der Waals surface area contributed by atoms with E-state index in [0.717, 1.165) is 11.4 Å². The molecule has 0 bridgehead atoms. The van der Waals surface area contributed by atoms with Gasteiger partial charge in [-0.25, -0.2) is 0 Å². The van der Waals surface area contributed by atoms with Crippen LogP contribution in [0.3, 0.4) is 0 Å². The molecule has 2 rings (SSSR count). The number of benzene rings is 1. The highest BCUT2D eigenvalue weighted by molar-refractivity contribution is 6.30. The van der Waals surface area contributed by atoms with Crippen LogP contribution in [-0.4, -0.2) is 25.3 Å². The Hall–Kier alpha value is -0.570. The molecule has 0 aliphatic carbocycles. The first kappa shape index (κ1) is 14.8. The predicted molar refractivity (Wildman–Crippen MR) is 80.7 cm³/mol. The minimum atomic E-state index is 0.315. The number of likely N-dealkylation sites (N-methyl/N-ethyl adjacent to an activating group) is 1. The maximum atomic E-state index is 5.96. The highest BCUT2D eigenvalue weighted by Gasteiger charge is 2.40. The van der Waals surface area contributed by atoms with Gasteiger partial charge in [0, 0.05) is 17.0 Å². The molecule has 5 atom stereocenters. The SMILES string of the molecule is CNC(Cc1ccc(Cl)cc1)C1C(C)OC(C)C1C. The summed E-state index contributed by atoms with van der Waals surface area (Å²) >= 11 is 5.94. The molecule has 106 valence electrons. The molecule has 1 aromatic rings. The number of ether oxygens (including phenoxy) is 1. The van der Waals surface area contributed by atoms with E-state index in [4.69, 9.17) is 16.3 Å². The fraction of sp³-hybridized carbons (Fsp3) is 0.625. The van der Waals surface area contributed by atoms with Gasteiger partial charge in [0.25, 0.3) is 0 Å². The van der Waals surface area contributed by atoms with Crippen LogP contribution in [0.2, 0.25) is 5.02 Å². The minimum absolute atomic E-state index is 0.315. The zero-order valence-electron chi connectivity index (χ0n) is 12.2. The van der Waals surface area contributed by atoms with Gasteiger partial charge in [-0.2, -0.15) is 0 Å². The lowest BCUT2D eigenvalue weighted by molar-refractivity contribution is 0.0479. The number of hydrogen-bond acceptors (Lipinski definition) is 2. The highest BCUT2D eigenvalue weighted by atomic mass is 35.5. The summed E-state index contributed by atoms with van der Waals surface area (Å²) < 4.78 is 5.96. The van der Waals surface area contributed by atoms with E-state index in [0.29, 0.717) is 30.1 Å². The second kappa shape index (κ2) is 6.25. The second-order valence-electron chi connectivity index (χ2n) is 5.71. The van der Waals surface area contributed by atoms with Crippen LogP contribution in [0.4, 0.5) is 0 Å². The third kappa shape index (κ3) is 3.31. The summed E-state index contributed by atoms with van der Waals surface area (Å²) in [6.07, 6.45) is 1.68. The van der Waals surface area contributed by atoms with Gasteiger partial charge >= 0.3 is 0 Å². The molecule has 2 nitrogen and oxygen atoms in total. The minimum Gasteiger partial charge on any atom is -0.375 e. The van der Waals surface area contributed by atoms with E-state index in [-0.39, 0.29) is 0 Å². The topological polar surface area (TPSA) is 21.3 Å². The van der Waals surface area contributed by atoms with Crippen LogP contribution < -0.4 is 5.32 Å². The lowest BCUT2D eigenvalue weighted by atomic mass is 9.81. The average Bonchev–Trinajstić information content (AvgIpc) is 2.63. The maximum Gasteiger partial charge on any atom is 0.0597 e. The van der Waals surface area contributed by atoms with Crippen LogP contribution >= 0.6 is 11.6 Å². The Morgan fingerprint density at radius 2 is 1.79 bits per heavy atom. The molecule has 19 heavy (non-hydrogen) atoms. The van der Waals surface area contributed by atoms with E-state index in [1.807, 2.05) is 19.2 Å². The Balaban J connectivity index is 2.09. The molecule has 0 aromatic heterocycles. The van der Waals surface area contributed by atoms with Crippen LogP contribution in [0.1, 0.15) is 26.3 Å². The first-order valence-corrected chi connectivity index (χ1v) is 7.48. The summed E-state index contributed by atoms with van der Waals surface area (Å²) in [5.74, 6) is 1.13. The molecule has 1 saturated heterocycles. The fourth-order valence-electron chi connectivity index (χ4n) is 3.29. The molecule has 1 N–H and O–H groups in total. The molecule has 1 fully saturated rings. The number of rotatable bonds is 4. The van der Waals surface area contributed by atoms with Gasteiger partial charge in [0.2, 0.25) is 0 Å². The summed E-state index contributed by atoms with van der Waals surface area (Å²) in [6.45, 7) is 6.66. The van der Waals surface area contributed by atoms with Crippen molar-refractivity contribution in [1.29, 1.82) is 0 Å². The van der Waals surface area contributed by atoms with Crippen molar-refractivity contribution in [3.8, 4) is 0 Å². The summed E-state index contributed by atoms with van der Waals surface area (Å²) in [5.41, 5.74) is 1.32. The summed E-state index contributed by atoms with van der Waals surface area (Å²) in [5, 5.41) is 4.27. The van der Waals surface area contributed by atoms with E-state index >= 15 is 0 Å². The van der Waals surface area contributed by atoms with Gasteiger partial charge in [-0.1, -0.05) is 30.7 Å². The molecule has 5 unspecified atom stereocenters. The molecule has 0 radical (unpaired) electrons. The van der Waals surface area contributed by atoms with Crippen molar-refractivity contribution >= 4 is 11.6 Å². The third-order valence-electron chi connectivity index (χ3n) is 4.52. The number of nitrogens with one attached hydrogen (secondary N) is 1. The first-order valence-electron chi connectivity index (χ1n) is 7.10. The van der Waals surface area contributed by atoms with E-state index in [2.05, 4.69) is 38.2 Å². The van der Waals surface area contributed by atoms with Gasteiger partial charge < -0.3 is 10.1 Å². The molecule has 1 aliphatic rings. The molecule has 0 spiro atoms. The fourth-order valence-corrected chi connectivity index (χ4v) is 3.42. The zero-order chi connectivity index (χ0) is 14.0. The zero-order valence-corrected chi connectivity index (χ0v) is 12.9. The van der Waals surface area contributed by atoms with Crippen molar-refractivity contribution in [3.63, 3.8) is 0 Å². The largest absolute Gasteiger partial charge is 0.375 e. The predicted octanol–water partition coefficient (Wildman–Crippen LogP) is 3.53. The lowest BCUT2D eigenvalue weighted by Crippen LogP contribution is -2.41. The quantitative estimate of drug-likeness (QED) is 0.912. The third-order valence-corrected chi connectivity index (χ3v) is 4.78. The van der Waals surface area contributed by atoms with Gasteiger partial charge in [-0.05, 0) is 50.9 Å². The van der Waals surface area contributed by atoms with Crippen LogP contribution in [0.25, 0.3) is 0 Å².